The molecular weight excluding hydrogens is 364 g/mol. The second kappa shape index (κ2) is 9.09. The fourth-order valence-electron chi connectivity index (χ4n) is 3.84. The van der Waals surface area contributed by atoms with E-state index in [9.17, 15) is 0 Å². The number of methoxy groups -OCH3 is 1. The average Bonchev–Trinajstić information content (AvgIpc) is 3.23. The summed E-state index contributed by atoms with van der Waals surface area (Å²) in [6.45, 7) is 3.75. The summed E-state index contributed by atoms with van der Waals surface area (Å²) in [6.07, 6.45) is 3.90. The molecule has 6 nitrogen and oxygen atoms in total. The normalized spacial score (nSPS) is 14.4. The number of hydrogen-bond donors (Lipinski definition) is 0. The maximum absolute atomic E-state index is 5.49. The molecule has 6 heteroatoms. The van der Waals surface area contributed by atoms with Crippen LogP contribution in [0.25, 0.3) is 11.4 Å². The Bertz CT molecular complexity index is 917. The van der Waals surface area contributed by atoms with Crippen LogP contribution in [0.1, 0.15) is 30.7 Å². The number of ether oxygens (including phenoxy) is 1. The highest BCUT2D eigenvalue weighted by molar-refractivity contribution is 5.55. The Morgan fingerprint density at radius 3 is 2.52 bits per heavy atom. The quantitative estimate of drug-likeness (QED) is 0.595. The average molecular weight is 393 g/mol. The van der Waals surface area contributed by atoms with Crippen molar-refractivity contribution in [1.29, 1.82) is 0 Å². The number of rotatable bonds is 7. The minimum absolute atomic E-state index is 0.602. The van der Waals surface area contributed by atoms with E-state index in [0.29, 0.717) is 18.3 Å². The highest BCUT2D eigenvalue weighted by Gasteiger charge is 2.16. The number of hydrogen-bond acceptors (Lipinski definition) is 6. The summed E-state index contributed by atoms with van der Waals surface area (Å²) in [5, 5.41) is 4.13. The first-order valence-corrected chi connectivity index (χ1v) is 10.2. The van der Waals surface area contributed by atoms with Gasteiger partial charge in [0.25, 0.3) is 0 Å². The van der Waals surface area contributed by atoms with E-state index in [4.69, 9.17) is 9.26 Å². The number of anilines is 1. The summed E-state index contributed by atoms with van der Waals surface area (Å²) in [4.78, 5) is 9.29. The molecule has 0 bridgehead atoms. The van der Waals surface area contributed by atoms with Gasteiger partial charge in [-0.3, -0.25) is 4.90 Å². The zero-order valence-corrected chi connectivity index (χ0v) is 17.2. The Morgan fingerprint density at radius 2 is 1.76 bits per heavy atom. The van der Waals surface area contributed by atoms with Gasteiger partial charge in [0.05, 0.1) is 13.7 Å². The summed E-state index contributed by atoms with van der Waals surface area (Å²) in [5.74, 6) is 2.03. The van der Waals surface area contributed by atoms with Crippen LogP contribution < -0.4 is 9.64 Å². The molecule has 2 heterocycles. The van der Waals surface area contributed by atoms with E-state index in [1.165, 1.54) is 30.5 Å². The molecule has 1 fully saturated rings. The second-order valence-corrected chi connectivity index (χ2v) is 7.59. The molecule has 1 saturated heterocycles. The third-order valence-corrected chi connectivity index (χ3v) is 5.35. The molecule has 0 aliphatic carbocycles. The Balaban J connectivity index is 1.41. The van der Waals surface area contributed by atoms with Gasteiger partial charge in [-0.05, 0) is 62.2 Å². The van der Waals surface area contributed by atoms with Crippen molar-refractivity contribution < 1.29 is 9.26 Å². The van der Waals surface area contributed by atoms with Crippen molar-refractivity contribution in [1.82, 2.24) is 15.0 Å². The van der Waals surface area contributed by atoms with Gasteiger partial charge in [0, 0.05) is 30.9 Å². The molecule has 29 heavy (non-hydrogen) atoms. The molecule has 1 aromatic heterocycles. The minimum atomic E-state index is 0.602. The lowest BCUT2D eigenvalue weighted by Crippen LogP contribution is -2.31. The summed E-state index contributed by atoms with van der Waals surface area (Å²) in [6, 6.07) is 16.4. The monoisotopic (exact) mass is 392 g/mol. The highest BCUT2D eigenvalue weighted by Crippen LogP contribution is 2.25. The molecule has 0 atom stereocenters. The van der Waals surface area contributed by atoms with Gasteiger partial charge in [-0.25, -0.2) is 0 Å². The van der Waals surface area contributed by atoms with E-state index < -0.39 is 0 Å². The van der Waals surface area contributed by atoms with Gasteiger partial charge in [-0.2, -0.15) is 4.98 Å². The van der Waals surface area contributed by atoms with Gasteiger partial charge in [0.15, 0.2) is 0 Å². The lowest BCUT2D eigenvalue weighted by molar-refractivity contribution is 0.261. The largest absolute Gasteiger partial charge is 0.497 e. The van der Waals surface area contributed by atoms with E-state index in [1.54, 1.807) is 7.11 Å². The molecular formula is C23H28N4O2. The van der Waals surface area contributed by atoms with Crippen LogP contribution in [-0.4, -0.2) is 42.3 Å². The van der Waals surface area contributed by atoms with Gasteiger partial charge in [0.2, 0.25) is 11.7 Å². The molecule has 4 rings (SSSR count). The van der Waals surface area contributed by atoms with Crippen molar-refractivity contribution in [3.8, 4) is 17.1 Å². The molecule has 3 aromatic rings. The predicted octanol–water partition coefficient (Wildman–Crippen LogP) is 4.37. The van der Waals surface area contributed by atoms with Gasteiger partial charge in [-0.15, -0.1) is 0 Å². The first-order chi connectivity index (χ1) is 14.2. The maximum Gasteiger partial charge on any atom is 0.241 e. The van der Waals surface area contributed by atoms with Crippen molar-refractivity contribution in [2.45, 2.75) is 32.4 Å². The molecule has 1 aliphatic rings. The van der Waals surface area contributed by atoms with E-state index >= 15 is 0 Å². The van der Waals surface area contributed by atoms with Crippen LogP contribution in [0.4, 0.5) is 5.69 Å². The number of benzene rings is 2. The molecule has 0 radical (unpaired) electrons. The third-order valence-electron chi connectivity index (χ3n) is 5.35. The Morgan fingerprint density at radius 1 is 1.00 bits per heavy atom. The first kappa shape index (κ1) is 19.5. The predicted molar refractivity (Wildman–Crippen MR) is 114 cm³/mol. The summed E-state index contributed by atoms with van der Waals surface area (Å²) >= 11 is 0. The van der Waals surface area contributed by atoms with E-state index in [2.05, 4.69) is 51.3 Å². The van der Waals surface area contributed by atoms with Crippen LogP contribution >= 0.6 is 0 Å². The number of piperidine rings is 1. The van der Waals surface area contributed by atoms with Gasteiger partial charge in [-0.1, -0.05) is 23.4 Å². The lowest BCUT2D eigenvalue weighted by Gasteiger charge is -2.31. The molecule has 0 amide bonds. The Hall–Kier alpha value is -2.86. The molecule has 0 spiro atoms. The van der Waals surface area contributed by atoms with E-state index in [1.807, 2.05) is 24.3 Å². The van der Waals surface area contributed by atoms with Crippen molar-refractivity contribution in [2.75, 3.05) is 32.1 Å². The smallest absolute Gasteiger partial charge is 0.241 e. The fraction of sp³-hybridized carbons (Fsp3) is 0.391. The maximum atomic E-state index is 5.49. The number of nitrogens with zero attached hydrogens (tertiary/aromatic N) is 4. The Kier molecular flexibility index (Phi) is 6.10. The molecule has 0 saturated carbocycles. The van der Waals surface area contributed by atoms with Crippen molar-refractivity contribution in [2.24, 2.45) is 0 Å². The number of para-hydroxylation sites is 1. The first-order valence-electron chi connectivity index (χ1n) is 10.2. The van der Waals surface area contributed by atoms with Gasteiger partial charge >= 0.3 is 0 Å². The van der Waals surface area contributed by atoms with Crippen molar-refractivity contribution >= 4 is 5.69 Å². The van der Waals surface area contributed by atoms with E-state index in [-0.39, 0.29) is 0 Å². The fourth-order valence-corrected chi connectivity index (χ4v) is 3.84. The highest BCUT2D eigenvalue weighted by atomic mass is 16.5. The third kappa shape index (κ3) is 4.77. The SMILES string of the molecule is COc1ccc(-c2noc(CN(C)Cc3ccccc3N3CCCCC3)n2)cc1. The van der Waals surface area contributed by atoms with Crippen LogP contribution in [0.5, 0.6) is 5.75 Å². The van der Waals surface area contributed by atoms with Crippen LogP contribution in [0.3, 0.4) is 0 Å². The van der Waals surface area contributed by atoms with Crippen molar-refractivity contribution in [3.05, 3.63) is 60.0 Å². The topological polar surface area (TPSA) is 54.6 Å². The minimum Gasteiger partial charge on any atom is -0.497 e. The summed E-state index contributed by atoms with van der Waals surface area (Å²) in [7, 11) is 3.74. The zero-order valence-electron chi connectivity index (χ0n) is 17.2. The molecule has 1 aliphatic heterocycles. The van der Waals surface area contributed by atoms with Gasteiger partial charge < -0.3 is 14.2 Å². The molecule has 0 unspecified atom stereocenters. The molecule has 0 N–H and O–H groups in total. The standard InChI is InChI=1S/C23H28N4O2/c1-26(16-19-8-4-5-9-21(19)27-14-6-3-7-15-27)17-22-24-23(25-29-22)18-10-12-20(28-2)13-11-18/h4-5,8-13H,3,6-7,14-17H2,1-2H3. The Labute approximate surface area is 172 Å². The zero-order chi connectivity index (χ0) is 20.1. The van der Waals surface area contributed by atoms with Crippen LogP contribution in [0.2, 0.25) is 0 Å². The molecule has 152 valence electrons. The molecule has 2 aromatic carbocycles. The lowest BCUT2D eigenvalue weighted by atomic mass is 10.1. The van der Waals surface area contributed by atoms with Crippen LogP contribution in [0.15, 0.2) is 53.1 Å². The van der Waals surface area contributed by atoms with E-state index in [0.717, 1.165) is 30.9 Å². The van der Waals surface area contributed by atoms with Gasteiger partial charge in [0.1, 0.15) is 5.75 Å². The summed E-state index contributed by atoms with van der Waals surface area (Å²) < 4.78 is 10.7. The second-order valence-electron chi connectivity index (χ2n) is 7.59. The number of aromatic nitrogens is 2. The van der Waals surface area contributed by atoms with Crippen molar-refractivity contribution in [3.63, 3.8) is 0 Å². The van der Waals surface area contributed by atoms with Crippen LogP contribution in [-0.2, 0) is 13.1 Å². The van der Waals surface area contributed by atoms with Crippen LogP contribution in [0, 0.1) is 0 Å². The summed E-state index contributed by atoms with van der Waals surface area (Å²) in [5.41, 5.74) is 3.61.